The largest absolute Gasteiger partial charge is 0.464 e. The van der Waals surface area contributed by atoms with E-state index in [1.807, 2.05) is 5.38 Å². The molecule has 0 aromatic carbocycles. The molecular weight excluding hydrogens is 364 g/mol. The number of hydrogen-bond acceptors (Lipinski definition) is 6. The topological polar surface area (TPSA) is 96.1 Å². The molecule has 1 atom stereocenters. The lowest BCUT2D eigenvalue weighted by atomic mass is 10.0. The average molecular weight is 385 g/mol. The third-order valence-corrected chi connectivity index (χ3v) is 4.83. The van der Waals surface area contributed by atoms with Gasteiger partial charge in [-0.2, -0.15) is 0 Å². The molecule has 1 saturated heterocycles. The number of thiazole rings is 1. The Morgan fingerprint density at radius 3 is 3.04 bits per heavy atom. The number of methoxy groups -OCH3 is 1. The number of carbonyl (C=O) groups is 2. The molecular formula is C16H21ClN4O3S. The molecule has 0 spiro atoms. The van der Waals surface area contributed by atoms with Crippen molar-refractivity contribution in [3.63, 3.8) is 0 Å². The van der Waals surface area contributed by atoms with Crippen LogP contribution in [0.25, 0.3) is 11.3 Å². The zero-order valence-electron chi connectivity index (χ0n) is 13.8. The molecule has 0 saturated carbocycles. The maximum atomic E-state index is 12.0. The second-order valence-corrected chi connectivity index (χ2v) is 6.64. The highest BCUT2D eigenvalue weighted by Crippen LogP contribution is 2.26. The van der Waals surface area contributed by atoms with Gasteiger partial charge >= 0.3 is 5.97 Å². The van der Waals surface area contributed by atoms with Gasteiger partial charge in [0.1, 0.15) is 5.69 Å². The first-order valence-electron chi connectivity index (χ1n) is 7.89. The number of aromatic nitrogens is 2. The van der Waals surface area contributed by atoms with E-state index in [1.165, 1.54) is 18.4 Å². The smallest absolute Gasteiger partial charge is 0.354 e. The molecule has 9 heteroatoms. The van der Waals surface area contributed by atoms with E-state index >= 15 is 0 Å². The molecule has 1 amide bonds. The normalized spacial score (nSPS) is 16.3. The Bertz CT molecular complexity index is 725. The van der Waals surface area contributed by atoms with Crippen molar-refractivity contribution in [1.82, 2.24) is 15.3 Å². The van der Waals surface area contributed by atoms with Gasteiger partial charge in [-0.25, -0.2) is 9.78 Å². The lowest BCUT2D eigenvalue weighted by molar-refractivity contribution is -0.116. The van der Waals surface area contributed by atoms with Gasteiger partial charge in [0.05, 0.1) is 12.8 Å². The first-order valence-corrected chi connectivity index (χ1v) is 8.77. The summed E-state index contributed by atoms with van der Waals surface area (Å²) in [6.07, 6.45) is 4.25. The van der Waals surface area contributed by atoms with Crippen molar-refractivity contribution in [2.45, 2.75) is 19.3 Å². The zero-order chi connectivity index (χ0) is 16.9. The zero-order valence-corrected chi connectivity index (χ0v) is 15.5. The van der Waals surface area contributed by atoms with Crippen molar-refractivity contribution in [1.29, 1.82) is 0 Å². The van der Waals surface area contributed by atoms with E-state index in [9.17, 15) is 9.59 Å². The number of rotatable bonds is 6. The van der Waals surface area contributed by atoms with Crippen LogP contribution < -0.4 is 10.6 Å². The summed E-state index contributed by atoms with van der Waals surface area (Å²) in [5.41, 5.74) is 1.86. The molecule has 3 heterocycles. The van der Waals surface area contributed by atoms with E-state index in [4.69, 9.17) is 0 Å². The molecule has 1 aliphatic rings. The minimum Gasteiger partial charge on any atom is -0.464 e. The molecule has 0 bridgehead atoms. The number of hydrogen-bond donors (Lipinski definition) is 3. The number of nitrogens with one attached hydrogen (secondary N) is 3. The van der Waals surface area contributed by atoms with E-state index in [0.717, 1.165) is 31.5 Å². The van der Waals surface area contributed by atoms with Crippen molar-refractivity contribution in [3.8, 4) is 11.3 Å². The second-order valence-electron chi connectivity index (χ2n) is 5.78. The fraction of sp³-hybridized carbons (Fsp3) is 0.438. The van der Waals surface area contributed by atoms with Crippen LogP contribution in [0.5, 0.6) is 0 Å². The average Bonchev–Trinajstić information content (AvgIpc) is 3.32. The minimum atomic E-state index is -0.425. The number of amides is 1. The lowest BCUT2D eigenvalue weighted by Crippen LogP contribution is -2.14. The maximum Gasteiger partial charge on any atom is 0.354 e. The lowest BCUT2D eigenvalue weighted by Gasteiger charge is -2.06. The third kappa shape index (κ3) is 5.04. The Morgan fingerprint density at radius 2 is 2.32 bits per heavy atom. The number of halogens is 1. The van der Waals surface area contributed by atoms with Gasteiger partial charge in [0, 0.05) is 23.6 Å². The van der Waals surface area contributed by atoms with Crippen LogP contribution in [0.3, 0.4) is 0 Å². The summed E-state index contributed by atoms with van der Waals surface area (Å²) in [6, 6.07) is 1.68. The first-order chi connectivity index (χ1) is 11.7. The summed E-state index contributed by atoms with van der Waals surface area (Å²) >= 11 is 1.37. The summed E-state index contributed by atoms with van der Waals surface area (Å²) in [5.74, 6) is 0.165. The number of ether oxygens (including phenoxy) is 1. The predicted octanol–water partition coefficient (Wildman–Crippen LogP) is 2.67. The van der Waals surface area contributed by atoms with Gasteiger partial charge in [0.2, 0.25) is 5.91 Å². The van der Waals surface area contributed by atoms with Crippen LogP contribution in [0, 0.1) is 5.92 Å². The fourth-order valence-electron chi connectivity index (χ4n) is 2.71. The van der Waals surface area contributed by atoms with Crippen molar-refractivity contribution in [2.75, 3.05) is 25.5 Å². The molecule has 1 unspecified atom stereocenters. The van der Waals surface area contributed by atoms with Crippen LogP contribution in [-0.4, -0.2) is 42.0 Å². The maximum absolute atomic E-state index is 12.0. The van der Waals surface area contributed by atoms with Crippen LogP contribution in [0.4, 0.5) is 5.13 Å². The Kier molecular flexibility index (Phi) is 6.98. The van der Waals surface area contributed by atoms with Crippen molar-refractivity contribution in [2.24, 2.45) is 5.92 Å². The van der Waals surface area contributed by atoms with Crippen molar-refractivity contribution >= 4 is 40.8 Å². The molecule has 3 rings (SSSR count). The summed E-state index contributed by atoms with van der Waals surface area (Å²) in [6.45, 7) is 2.05. The molecule has 3 N–H and O–H groups in total. The standard InChI is InChI=1S/C16H20N4O3S.ClH/c1-23-15(22)12-6-11(8-18-12)13-9-24-16(19-13)20-14(21)3-2-10-4-5-17-7-10;/h6,8-10,17-18H,2-5,7H2,1H3,(H,19,20,21);1H. The Morgan fingerprint density at radius 1 is 1.48 bits per heavy atom. The molecule has 0 aliphatic carbocycles. The van der Waals surface area contributed by atoms with Gasteiger partial charge in [-0.15, -0.1) is 23.7 Å². The number of aromatic amines is 1. The molecule has 136 valence electrons. The van der Waals surface area contributed by atoms with Crippen LogP contribution in [0.2, 0.25) is 0 Å². The Labute approximate surface area is 156 Å². The number of esters is 1. The van der Waals surface area contributed by atoms with Gasteiger partial charge in [-0.1, -0.05) is 0 Å². The molecule has 7 nitrogen and oxygen atoms in total. The molecule has 0 radical (unpaired) electrons. The van der Waals surface area contributed by atoms with E-state index in [-0.39, 0.29) is 18.3 Å². The van der Waals surface area contributed by atoms with Crippen LogP contribution in [0.15, 0.2) is 17.6 Å². The summed E-state index contributed by atoms with van der Waals surface area (Å²) in [7, 11) is 1.33. The van der Waals surface area contributed by atoms with Gasteiger partial charge in [0.25, 0.3) is 0 Å². The summed E-state index contributed by atoms with van der Waals surface area (Å²) in [5, 5.41) is 8.56. The molecule has 1 aliphatic heterocycles. The van der Waals surface area contributed by atoms with Gasteiger partial charge < -0.3 is 20.4 Å². The van der Waals surface area contributed by atoms with Crippen molar-refractivity contribution in [3.05, 3.63) is 23.3 Å². The van der Waals surface area contributed by atoms with Gasteiger partial charge in [0.15, 0.2) is 5.13 Å². The minimum absolute atomic E-state index is 0. The summed E-state index contributed by atoms with van der Waals surface area (Å²) < 4.78 is 4.66. The monoisotopic (exact) mass is 384 g/mol. The second kappa shape index (κ2) is 8.98. The summed E-state index contributed by atoms with van der Waals surface area (Å²) in [4.78, 5) is 30.7. The Hall–Kier alpha value is -1.90. The molecule has 25 heavy (non-hydrogen) atoms. The highest BCUT2D eigenvalue weighted by molar-refractivity contribution is 7.14. The van der Waals surface area contributed by atoms with Crippen molar-refractivity contribution < 1.29 is 14.3 Å². The van der Waals surface area contributed by atoms with E-state index < -0.39 is 5.97 Å². The number of carbonyl (C=O) groups excluding carboxylic acids is 2. The van der Waals surface area contributed by atoms with Crippen LogP contribution in [-0.2, 0) is 9.53 Å². The van der Waals surface area contributed by atoms with E-state index in [2.05, 4.69) is 25.3 Å². The highest BCUT2D eigenvalue weighted by Gasteiger charge is 2.17. The quantitative estimate of drug-likeness (QED) is 0.665. The van der Waals surface area contributed by atoms with E-state index in [0.29, 0.717) is 28.9 Å². The highest BCUT2D eigenvalue weighted by atomic mass is 35.5. The van der Waals surface area contributed by atoms with Crippen LogP contribution >= 0.6 is 23.7 Å². The molecule has 2 aromatic rings. The fourth-order valence-corrected chi connectivity index (χ4v) is 3.45. The third-order valence-electron chi connectivity index (χ3n) is 4.08. The van der Waals surface area contributed by atoms with Gasteiger partial charge in [-0.3, -0.25) is 4.79 Å². The number of nitrogens with zero attached hydrogens (tertiary/aromatic N) is 1. The predicted molar refractivity (Wildman–Crippen MR) is 99.3 cm³/mol. The first kappa shape index (κ1) is 19.4. The van der Waals surface area contributed by atoms with Crippen LogP contribution in [0.1, 0.15) is 29.8 Å². The Balaban J connectivity index is 0.00000225. The molecule has 1 fully saturated rings. The van der Waals surface area contributed by atoms with Gasteiger partial charge in [-0.05, 0) is 37.9 Å². The molecule has 2 aromatic heterocycles. The SMILES string of the molecule is COC(=O)c1cc(-c2csc(NC(=O)CCC3CCNC3)n2)c[nH]1.Cl. The number of H-pyrrole nitrogens is 1. The van der Waals surface area contributed by atoms with E-state index in [1.54, 1.807) is 12.3 Å². The number of anilines is 1.